The molecule has 0 aromatic rings. The van der Waals surface area contributed by atoms with Gasteiger partial charge in [0.15, 0.2) is 0 Å². The van der Waals surface area contributed by atoms with E-state index >= 15 is 0 Å². The highest BCUT2D eigenvalue weighted by Crippen LogP contribution is 2.14. The molecule has 0 aromatic heterocycles. The van der Waals surface area contributed by atoms with Gasteiger partial charge in [-0.2, -0.15) is 0 Å². The summed E-state index contributed by atoms with van der Waals surface area (Å²) in [5.41, 5.74) is 0. The van der Waals surface area contributed by atoms with E-state index in [1.807, 2.05) is 0 Å². The molecule has 0 aliphatic heterocycles. The molecular formula is C40H82N2O6+2. The number of aliphatic hydroxyl groups is 2. The average Bonchev–Trinajstić information content (AvgIpc) is 3.02. The van der Waals surface area contributed by atoms with Gasteiger partial charge in [0.05, 0.1) is 41.3 Å². The third-order valence-corrected chi connectivity index (χ3v) is 9.53. The Bertz CT molecular complexity index is 698. The molecule has 0 amide bonds. The average molecular weight is 687 g/mol. The fourth-order valence-corrected chi connectivity index (χ4v) is 6.54. The van der Waals surface area contributed by atoms with Crippen LogP contribution in [0.1, 0.15) is 168 Å². The minimum atomic E-state index is -0.647. The molecule has 0 fully saturated rings. The number of quaternary nitrogens is 2. The second-order valence-electron chi connectivity index (χ2n) is 15.9. The van der Waals surface area contributed by atoms with E-state index in [1.54, 1.807) is 0 Å². The van der Waals surface area contributed by atoms with E-state index in [-0.39, 0.29) is 25.2 Å². The van der Waals surface area contributed by atoms with Crippen molar-refractivity contribution in [1.29, 1.82) is 0 Å². The first-order chi connectivity index (χ1) is 22.9. The van der Waals surface area contributed by atoms with Crippen LogP contribution in [0.15, 0.2) is 0 Å². The molecule has 0 heterocycles. The summed E-state index contributed by atoms with van der Waals surface area (Å²) < 4.78 is 12.1. The maximum absolute atomic E-state index is 12.1. The highest BCUT2D eigenvalue weighted by Gasteiger charge is 2.23. The normalized spacial score (nSPS) is 13.4. The number of esters is 2. The molecule has 0 saturated heterocycles. The second kappa shape index (κ2) is 30.6. The van der Waals surface area contributed by atoms with Crippen LogP contribution in [0, 0.1) is 0 Å². The number of nitrogens with zero attached hydrogens (tertiary/aromatic N) is 2. The highest BCUT2D eigenvalue weighted by molar-refractivity contribution is 5.69. The van der Waals surface area contributed by atoms with Crippen LogP contribution in [-0.2, 0) is 19.1 Å². The number of aliphatic hydroxyl groups excluding tert-OH is 2. The number of carbonyl (C=O) groups excluding carboxylic acids is 2. The zero-order valence-corrected chi connectivity index (χ0v) is 32.8. The minimum Gasteiger partial charge on any atom is -0.463 e. The van der Waals surface area contributed by atoms with Gasteiger partial charge in [0.1, 0.15) is 38.5 Å². The summed E-state index contributed by atoms with van der Waals surface area (Å²) in [5, 5.41) is 21.0. The van der Waals surface area contributed by atoms with Crippen LogP contribution in [0.25, 0.3) is 0 Å². The van der Waals surface area contributed by atoms with Crippen molar-refractivity contribution in [3.05, 3.63) is 0 Å². The van der Waals surface area contributed by atoms with Crippen molar-refractivity contribution < 1.29 is 38.2 Å². The standard InChI is InChI=1S/C40H82N2O6/c1-7-9-11-13-15-17-19-21-25-29-39(45)47-35-37(43)33-41(3,4)31-27-23-24-28-32-42(5,6)34-38(44)36-48-40(46)30-26-22-20-18-16-14-12-10-8-2/h37-38,43-44H,7-36H2,1-6H3/q+2. The molecule has 48 heavy (non-hydrogen) atoms. The molecule has 0 aliphatic rings. The molecule has 0 rings (SSSR count). The molecule has 0 radical (unpaired) electrons. The smallest absolute Gasteiger partial charge is 0.305 e. The number of ether oxygens (including phenoxy) is 2. The zero-order chi connectivity index (χ0) is 35.9. The summed E-state index contributed by atoms with van der Waals surface area (Å²) in [6, 6.07) is 0. The summed E-state index contributed by atoms with van der Waals surface area (Å²) in [6.07, 6.45) is 25.9. The predicted molar refractivity (Wildman–Crippen MR) is 200 cm³/mol. The Morgan fingerprint density at radius 3 is 1.04 bits per heavy atom. The van der Waals surface area contributed by atoms with E-state index in [4.69, 9.17) is 9.47 Å². The van der Waals surface area contributed by atoms with Gasteiger partial charge < -0.3 is 28.7 Å². The summed E-state index contributed by atoms with van der Waals surface area (Å²) in [6.45, 7) is 7.69. The van der Waals surface area contributed by atoms with Gasteiger partial charge in [-0.3, -0.25) is 9.59 Å². The van der Waals surface area contributed by atoms with Crippen molar-refractivity contribution in [2.45, 2.75) is 180 Å². The predicted octanol–water partition coefficient (Wildman–Crippen LogP) is 8.35. The molecule has 2 atom stereocenters. The van der Waals surface area contributed by atoms with Gasteiger partial charge >= 0.3 is 11.9 Å². The van der Waals surface area contributed by atoms with E-state index in [0.29, 0.717) is 34.9 Å². The first-order valence-corrected chi connectivity index (χ1v) is 20.2. The van der Waals surface area contributed by atoms with Crippen molar-refractivity contribution in [3.8, 4) is 0 Å². The fourth-order valence-electron chi connectivity index (χ4n) is 6.54. The van der Waals surface area contributed by atoms with Crippen LogP contribution in [0.3, 0.4) is 0 Å². The number of unbranched alkanes of at least 4 members (excludes halogenated alkanes) is 19. The van der Waals surface area contributed by atoms with Gasteiger partial charge in [-0.15, -0.1) is 0 Å². The maximum atomic E-state index is 12.1. The molecule has 8 heteroatoms. The number of rotatable bonds is 35. The Hall–Kier alpha value is -1.22. The molecule has 0 saturated carbocycles. The molecule has 0 spiro atoms. The first kappa shape index (κ1) is 46.8. The Kier molecular flexibility index (Phi) is 29.8. The lowest BCUT2D eigenvalue weighted by Crippen LogP contribution is -2.47. The highest BCUT2D eigenvalue weighted by atomic mass is 16.5. The number of hydrogen-bond acceptors (Lipinski definition) is 6. The Morgan fingerprint density at radius 1 is 0.458 bits per heavy atom. The quantitative estimate of drug-likeness (QED) is 0.0396. The van der Waals surface area contributed by atoms with E-state index in [1.165, 1.54) is 89.9 Å². The lowest BCUT2D eigenvalue weighted by atomic mass is 10.1. The lowest BCUT2D eigenvalue weighted by molar-refractivity contribution is -0.894. The number of hydrogen-bond donors (Lipinski definition) is 2. The molecule has 2 unspecified atom stereocenters. The summed E-state index contributed by atoms with van der Waals surface area (Å²) in [7, 11) is 8.49. The molecule has 8 nitrogen and oxygen atoms in total. The van der Waals surface area contributed by atoms with Crippen LogP contribution in [0.4, 0.5) is 0 Å². The van der Waals surface area contributed by atoms with Crippen LogP contribution in [-0.4, -0.2) is 111 Å². The summed E-state index contributed by atoms with van der Waals surface area (Å²) in [4.78, 5) is 24.2. The van der Waals surface area contributed by atoms with Crippen LogP contribution in [0.2, 0.25) is 0 Å². The van der Waals surface area contributed by atoms with Crippen molar-refractivity contribution in [1.82, 2.24) is 0 Å². The third-order valence-electron chi connectivity index (χ3n) is 9.53. The number of likely N-dealkylation sites (N-methyl/N-ethyl adjacent to an activating group) is 2. The monoisotopic (exact) mass is 687 g/mol. The van der Waals surface area contributed by atoms with Gasteiger partial charge in [0.25, 0.3) is 0 Å². The van der Waals surface area contributed by atoms with Crippen molar-refractivity contribution in [3.63, 3.8) is 0 Å². The molecule has 2 N–H and O–H groups in total. The third kappa shape index (κ3) is 32.0. The van der Waals surface area contributed by atoms with E-state index < -0.39 is 12.2 Å². The molecule has 0 aliphatic carbocycles. The minimum absolute atomic E-state index is 0.0787. The van der Waals surface area contributed by atoms with E-state index in [0.717, 1.165) is 64.5 Å². The van der Waals surface area contributed by atoms with Gasteiger partial charge in [-0.05, 0) is 38.5 Å². The molecule has 0 aromatic carbocycles. The van der Waals surface area contributed by atoms with Gasteiger partial charge in [0, 0.05) is 12.8 Å². The fraction of sp³-hybridized carbons (Fsp3) is 0.950. The van der Waals surface area contributed by atoms with E-state index in [2.05, 4.69) is 42.0 Å². The SMILES string of the molecule is CCCCCCCCCCCC(=O)OCC(O)C[N+](C)(C)CCCCCC[N+](C)(C)CC(O)COC(=O)CCCCCCCCCCC. The van der Waals surface area contributed by atoms with Gasteiger partial charge in [-0.25, -0.2) is 0 Å². The van der Waals surface area contributed by atoms with Gasteiger partial charge in [-0.1, -0.05) is 117 Å². The Balaban J connectivity index is 3.88. The van der Waals surface area contributed by atoms with Crippen LogP contribution < -0.4 is 0 Å². The second-order valence-corrected chi connectivity index (χ2v) is 15.9. The zero-order valence-electron chi connectivity index (χ0n) is 32.8. The Morgan fingerprint density at radius 2 is 0.729 bits per heavy atom. The van der Waals surface area contributed by atoms with Crippen LogP contribution in [0.5, 0.6) is 0 Å². The summed E-state index contributed by atoms with van der Waals surface area (Å²) in [5.74, 6) is -0.386. The largest absolute Gasteiger partial charge is 0.463 e. The maximum Gasteiger partial charge on any atom is 0.305 e. The topological polar surface area (TPSA) is 93.1 Å². The lowest BCUT2D eigenvalue weighted by Gasteiger charge is -2.32. The number of carbonyl (C=O) groups is 2. The van der Waals surface area contributed by atoms with Crippen LogP contribution >= 0.6 is 0 Å². The molecular weight excluding hydrogens is 604 g/mol. The van der Waals surface area contributed by atoms with Gasteiger partial charge in [0.2, 0.25) is 0 Å². The van der Waals surface area contributed by atoms with Crippen molar-refractivity contribution >= 4 is 11.9 Å². The van der Waals surface area contributed by atoms with Crippen molar-refractivity contribution in [2.24, 2.45) is 0 Å². The summed E-state index contributed by atoms with van der Waals surface area (Å²) >= 11 is 0. The Labute approximate surface area is 297 Å². The molecule has 286 valence electrons. The van der Waals surface area contributed by atoms with Crippen molar-refractivity contribution in [2.75, 3.05) is 67.6 Å². The van der Waals surface area contributed by atoms with E-state index in [9.17, 15) is 19.8 Å². The first-order valence-electron chi connectivity index (χ1n) is 20.2. The molecule has 0 bridgehead atoms.